The summed E-state index contributed by atoms with van der Waals surface area (Å²) in [4.78, 5) is 2.25. The monoisotopic (exact) mass is 279 g/mol. The molecule has 0 spiro atoms. The van der Waals surface area contributed by atoms with Crippen molar-refractivity contribution in [3.8, 4) is 5.75 Å². The Labute approximate surface area is 121 Å². The van der Waals surface area contributed by atoms with Crippen LogP contribution < -0.4 is 4.74 Å². The highest BCUT2D eigenvalue weighted by molar-refractivity contribution is 5.26. The lowest BCUT2D eigenvalue weighted by Gasteiger charge is -2.32. The third-order valence-electron chi connectivity index (χ3n) is 3.90. The van der Waals surface area contributed by atoms with Gasteiger partial charge in [0, 0.05) is 13.2 Å². The molecule has 1 atom stereocenters. The van der Waals surface area contributed by atoms with Crippen molar-refractivity contribution in [2.24, 2.45) is 5.92 Å². The fourth-order valence-electron chi connectivity index (χ4n) is 2.53. The van der Waals surface area contributed by atoms with Crippen molar-refractivity contribution in [2.75, 3.05) is 32.8 Å². The van der Waals surface area contributed by atoms with Gasteiger partial charge in [-0.1, -0.05) is 17.7 Å². The van der Waals surface area contributed by atoms with E-state index >= 15 is 0 Å². The Bertz CT molecular complexity index is 385. The minimum atomic E-state index is -0.470. The zero-order valence-corrected chi connectivity index (χ0v) is 12.2. The van der Waals surface area contributed by atoms with Crippen LogP contribution in [0.15, 0.2) is 24.3 Å². The van der Waals surface area contributed by atoms with Crippen LogP contribution in [0.2, 0.25) is 0 Å². The zero-order chi connectivity index (χ0) is 14.4. The van der Waals surface area contributed by atoms with Crippen molar-refractivity contribution < 1.29 is 14.9 Å². The molecule has 1 aromatic rings. The van der Waals surface area contributed by atoms with Crippen molar-refractivity contribution in [3.63, 3.8) is 0 Å². The Morgan fingerprint density at radius 2 is 1.90 bits per heavy atom. The van der Waals surface area contributed by atoms with Crippen molar-refractivity contribution >= 4 is 0 Å². The van der Waals surface area contributed by atoms with Crippen LogP contribution in [0.4, 0.5) is 0 Å². The van der Waals surface area contributed by atoms with E-state index in [2.05, 4.69) is 4.90 Å². The first-order valence-corrected chi connectivity index (χ1v) is 7.38. The second-order valence-corrected chi connectivity index (χ2v) is 5.70. The van der Waals surface area contributed by atoms with Gasteiger partial charge in [-0.15, -0.1) is 0 Å². The molecule has 4 heteroatoms. The maximum absolute atomic E-state index is 10.0. The molecule has 1 unspecified atom stereocenters. The molecule has 1 aliphatic rings. The number of piperidine rings is 1. The minimum absolute atomic E-state index is 0.285. The van der Waals surface area contributed by atoms with Crippen LogP contribution >= 0.6 is 0 Å². The Morgan fingerprint density at radius 1 is 1.25 bits per heavy atom. The zero-order valence-electron chi connectivity index (χ0n) is 12.2. The lowest BCUT2D eigenvalue weighted by atomic mass is 9.98. The quantitative estimate of drug-likeness (QED) is 0.827. The van der Waals surface area contributed by atoms with Crippen molar-refractivity contribution in [1.82, 2.24) is 4.90 Å². The number of benzene rings is 1. The van der Waals surface area contributed by atoms with Crippen LogP contribution in [0.25, 0.3) is 0 Å². The average molecular weight is 279 g/mol. The van der Waals surface area contributed by atoms with Crippen molar-refractivity contribution in [2.45, 2.75) is 25.9 Å². The lowest BCUT2D eigenvalue weighted by molar-refractivity contribution is 0.0488. The number of hydrogen-bond donors (Lipinski definition) is 2. The molecule has 2 N–H and O–H groups in total. The third kappa shape index (κ3) is 4.78. The second kappa shape index (κ2) is 7.62. The number of aliphatic hydroxyl groups is 2. The van der Waals surface area contributed by atoms with E-state index < -0.39 is 6.10 Å². The molecule has 1 aromatic carbocycles. The highest BCUT2D eigenvalue weighted by Crippen LogP contribution is 2.17. The highest BCUT2D eigenvalue weighted by Gasteiger charge is 2.20. The molecular formula is C16H25NO3. The molecule has 0 bridgehead atoms. The van der Waals surface area contributed by atoms with Gasteiger partial charge in [0.25, 0.3) is 0 Å². The molecule has 0 aliphatic carbocycles. The molecule has 4 nitrogen and oxygen atoms in total. The van der Waals surface area contributed by atoms with Gasteiger partial charge in [-0.05, 0) is 50.9 Å². The van der Waals surface area contributed by atoms with E-state index in [0.717, 1.165) is 31.7 Å². The van der Waals surface area contributed by atoms with E-state index in [1.165, 1.54) is 5.56 Å². The molecule has 0 saturated carbocycles. The van der Waals surface area contributed by atoms with Crippen molar-refractivity contribution in [1.29, 1.82) is 0 Å². The van der Waals surface area contributed by atoms with Gasteiger partial charge in [0.2, 0.25) is 0 Å². The number of ether oxygens (including phenoxy) is 1. The van der Waals surface area contributed by atoms with Gasteiger partial charge in [0.05, 0.1) is 0 Å². The molecule has 1 fully saturated rings. The molecular weight excluding hydrogens is 254 g/mol. The van der Waals surface area contributed by atoms with Gasteiger partial charge in [0.1, 0.15) is 18.5 Å². The van der Waals surface area contributed by atoms with Crippen LogP contribution in [0, 0.1) is 12.8 Å². The Kier molecular flexibility index (Phi) is 5.83. The SMILES string of the molecule is Cc1ccc(OCC(O)CN2CCC(CO)CC2)cc1. The molecule has 1 heterocycles. The van der Waals surface area contributed by atoms with E-state index in [0.29, 0.717) is 19.1 Å². The summed E-state index contributed by atoms with van der Waals surface area (Å²) in [6.45, 7) is 5.19. The first kappa shape index (κ1) is 15.3. The van der Waals surface area contributed by atoms with Crippen molar-refractivity contribution in [3.05, 3.63) is 29.8 Å². The smallest absolute Gasteiger partial charge is 0.119 e. The number of hydrogen-bond acceptors (Lipinski definition) is 4. The van der Waals surface area contributed by atoms with E-state index in [-0.39, 0.29) is 6.61 Å². The van der Waals surface area contributed by atoms with Gasteiger partial charge in [0.15, 0.2) is 0 Å². The molecule has 112 valence electrons. The minimum Gasteiger partial charge on any atom is -0.491 e. The standard InChI is InChI=1S/C16H25NO3/c1-13-2-4-16(5-3-13)20-12-15(19)10-17-8-6-14(11-18)7-9-17/h2-5,14-15,18-19H,6-12H2,1H3. The van der Waals surface area contributed by atoms with Gasteiger partial charge < -0.3 is 19.8 Å². The molecule has 1 aliphatic heterocycles. The number of nitrogens with zero attached hydrogens (tertiary/aromatic N) is 1. The van der Waals surface area contributed by atoms with Crippen LogP contribution in [-0.2, 0) is 0 Å². The number of β-amino-alcohol motifs (C(OH)–C–C–N with tert-alkyl or cyclic N) is 1. The van der Waals surface area contributed by atoms with Gasteiger partial charge in [-0.25, -0.2) is 0 Å². The third-order valence-corrected chi connectivity index (χ3v) is 3.90. The van der Waals surface area contributed by atoms with Crippen LogP contribution in [-0.4, -0.2) is 54.1 Å². The Balaban J connectivity index is 1.68. The largest absolute Gasteiger partial charge is 0.491 e. The summed E-state index contributed by atoms with van der Waals surface area (Å²) in [5, 5.41) is 19.1. The molecule has 0 radical (unpaired) electrons. The molecule has 0 amide bonds. The van der Waals surface area contributed by atoms with E-state index in [9.17, 15) is 5.11 Å². The summed E-state index contributed by atoms with van der Waals surface area (Å²) >= 11 is 0. The number of aliphatic hydroxyl groups excluding tert-OH is 2. The van der Waals surface area contributed by atoms with Gasteiger partial charge in [-0.3, -0.25) is 0 Å². The predicted octanol–water partition coefficient (Wildman–Crippen LogP) is 1.44. The summed E-state index contributed by atoms with van der Waals surface area (Å²) in [7, 11) is 0. The summed E-state index contributed by atoms with van der Waals surface area (Å²) in [6, 6.07) is 7.85. The maximum Gasteiger partial charge on any atom is 0.119 e. The number of likely N-dealkylation sites (tertiary alicyclic amines) is 1. The van der Waals surface area contributed by atoms with E-state index in [1.54, 1.807) is 0 Å². The maximum atomic E-state index is 10.0. The van der Waals surface area contributed by atoms with Gasteiger partial charge >= 0.3 is 0 Å². The molecule has 2 rings (SSSR count). The second-order valence-electron chi connectivity index (χ2n) is 5.70. The fraction of sp³-hybridized carbons (Fsp3) is 0.625. The number of rotatable bonds is 6. The van der Waals surface area contributed by atoms with Crippen LogP contribution in [0.1, 0.15) is 18.4 Å². The topological polar surface area (TPSA) is 52.9 Å². The molecule has 0 aromatic heterocycles. The first-order chi connectivity index (χ1) is 9.67. The van der Waals surface area contributed by atoms with E-state index in [1.807, 2.05) is 31.2 Å². The Hall–Kier alpha value is -1.10. The summed E-state index contributed by atoms with van der Waals surface area (Å²) in [6.07, 6.45) is 1.56. The number of aryl methyl sites for hydroxylation is 1. The fourth-order valence-corrected chi connectivity index (χ4v) is 2.53. The summed E-state index contributed by atoms with van der Waals surface area (Å²) < 4.78 is 5.59. The average Bonchev–Trinajstić information content (AvgIpc) is 2.47. The Morgan fingerprint density at radius 3 is 2.50 bits per heavy atom. The predicted molar refractivity (Wildman–Crippen MR) is 78.9 cm³/mol. The molecule has 1 saturated heterocycles. The first-order valence-electron chi connectivity index (χ1n) is 7.38. The molecule has 20 heavy (non-hydrogen) atoms. The highest BCUT2D eigenvalue weighted by atomic mass is 16.5. The van der Waals surface area contributed by atoms with Gasteiger partial charge in [-0.2, -0.15) is 0 Å². The lowest BCUT2D eigenvalue weighted by Crippen LogP contribution is -2.41. The van der Waals surface area contributed by atoms with E-state index in [4.69, 9.17) is 9.84 Å². The normalized spacial score (nSPS) is 18.9. The van der Waals surface area contributed by atoms with Crippen LogP contribution in [0.5, 0.6) is 5.75 Å². The summed E-state index contributed by atoms with van der Waals surface area (Å²) in [5.41, 5.74) is 1.20. The summed E-state index contributed by atoms with van der Waals surface area (Å²) in [5.74, 6) is 1.24. The van der Waals surface area contributed by atoms with Crippen LogP contribution in [0.3, 0.4) is 0 Å².